The number of rotatable bonds is 8. The molecule has 0 bridgehead atoms. The van der Waals surface area contributed by atoms with E-state index in [1.165, 1.54) is 0 Å². The number of anilines is 2. The number of furan rings is 1. The van der Waals surface area contributed by atoms with Gasteiger partial charge in [0.25, 0.3) is 0 Å². The number of nitrogens with one attached hydrogen (secondary N) is 4. The Hall–Kier alpha value is -3.56. The van der Waals surface area contributed by atoms with Crippen LogP contribution in [0.4, 0.5) is 11.4 Å². The largest absolute Gasteiger partial charge is 0.492 e. The maximum atomic E-state index is 7.44. The van der Waals surface area contributed by atoms with Gasteiger partial charge in [0.15, 0.2) is 11.9 Å². The molecule has 3 aromatic rings. The van der Waals surface area contributed by atoms with Crippen molar-refractivity contribution in [3.63, 3.8) is 0 Å². The van der Waals surface area contributed by atoms with Crippen LogP contribution in [0, 0.1) is 10.8 Å². The lowest BCUT2D eigenvalue weighted by Gasteiger charge is -2.13. The minimum atomic E-state index is -0.165. The maximum Gasteiger partial charge on any atom is 0.190 e. The highest BCUT2D eigenvalue weighted by atomic mass is 35.5. The number of hydrogen-bond acceptors (Lipinski definition) is 5. The van der Waals surface area contributed by atoms with E-state index in [0.717, 1.165) is 11.1 Å². The Bertz CT molecular complexity index is 1020. The van der Waals surface area contributed by atoms with E-state index in [0.29, 0.717) is 47.6 Å². The molecule has 33 heavy (non-hydrogen) atoms. The highest BCUT2D eigenvalue weighted by molar-refractivity contribution is 5.92. The minimum Gasteiger partial charge on any atom is -0.492 e. The van der Waals surface area contributed by atoms with Gasteiger partial charge in [-0.05, 0) is 62.4 Å². The van der Waals surface area contributed by atoms with Crippen LogP contribution in [0.5, 0.6) is 11.5 Å². The van der Waals surface area contributed by atoms with Gasteiger partial charge in [-0.2, -0.15) is 0 Å². The first kappa shape index (κ1) is 27.5. The Balaban J connectivity index is 0.00000272. The second kappa shape index (κ2) is 12.5. The molecule has 8 N–H and O–H groups in total. The van der Waals surface area contributed by atoms with Crippen LogP contribution in [-0.2, 0) is 0 Å². The summed E-state index contributed by atoms with van der Waals surface area (Å²) in [4.78, 5) is 0. The first-order valence-electron chi connectivity index (χ1n) is 9.77. The van der Waals surface area contributed by atoms with Crippen molar-refractivity contribution in [2.24, 2.45) is 11.5 Å². The summed E-state index contributed by atoms with van der Waals surface area (Å²) in [5.74, 6) is 2.14. The molecule has 0 fully saturated rings. The second-order valence-electron chi connectivity index (χ2n) is 6.53. The van der Waals surface area contributed by atoms with Crippen molar-refractivity contribution in [3.8, 4) is 34.1 Å². The molecule has 1 heterocycles. The second-order valence-corrected chi connectivity index (χ2v) is 6.53. The highest BCUT2D eigenvalue weighted by Gasteiger charge is 2.13. The highest BCUT2D eigenvalue weighted by Crippen LogP contribution is 2.36. The minimum absolute atomic E-state index is 0. The van der Waals surface area contributed by atoms with Crippen LogP contribution in [0.2, 0.25) is 0 Å². The Morgan fingerprint density at radius 2 is 1.15 bits per heavy atom. The zero-order valence-electron chi connectivity index (χ0n) is 18.2. The van der Waals surface area contributed by atoms with Gasteiger partial charge >= 0.3 is 0 Å². The maximum absolute atomic E-state index is 7.44. The van der Waals surface area contributed by atoms with E-state index >= 15 is 0 Å². The molecule has 0 saturated heterocycles. The topological polar surface area (TPSA) is 155 Å². The van der Waals surface area contributed by atoms with Crippen molar-refractivity contribution < 1.29 is 13.9 Å². The van der Waals surface area contributed by atoms with E-state index in [4.69, 9.17) is 36.2 Å². The Morgan fingerprint density at radius 3 is 1.48 bits per heavy atom. The summed E-state index contributed by atoms with van der Waals surface area (Å²) in [5.41, 5.74) is 13.8. The van der Waals surface area contributed by atoms with Gasteiger partial charge in [0.1, 0.15) is 23.0 Å². The molecular weight excluding hydrogens is 467 g/mol. The van der Waals surface area contributed by atoms with Crippen molar-refractivity contribution in [2.75, 3.05) is 23.8 Å². The quantitative estimate of drug-likeness (QED) is 0.192. The summed E-state index contributed by atoms with van der Waals surface area (Å²) in [7, 11) is 0. The van der Waals surface area contributed by atoms with Crippen LogP contribution in [0.25, 0.3) is 22.6 Å². The molecule has 0 aliphatic rings. The fourth-order valence-electron chi connectivity index (χ4n) is 3.05. The third kappa shape index (κ3) is 6.96. The van der Waals surface area contributed by atoms with E-state index in [9.17, 15) is 0 Å². The molecule has 1 aromatic heterocycles. The molecule has 11 heteroatoms. The zero-order chi connectivity index (χ0) is 22.4. The van der Waals surface area contributed by atoms with Gasteiger partial charge in [0, 0.05) is 11.1 Å². The monoisotopic (exact) mass is 494 g/mol. The smallest absolute Gasteiger partial charge is 0.190 e. The van der Waals surface area contributed by atoms with Gasteiger partial charge in [-0.15, -0.1) is 24.8 Å². The molecule has 0 spiro atoms. The van der Waals surface area contributed by atoms with E-state index in [2.05, 4.69) is 10.6 Å². The fraction of sp³-hybridized carbons (Fsp3) is 0.182. The summed E-state index contributed by atoms with van der Waals surface area (Å²) >= 11 is 0. The van der Waals surface area contributed by atoms with E-state index in [-0.39, 0.29) is 36.7 Å². The summed E-state index contributed by atoms with van der Waals surface area (Å²) in [6.45, 7) is 4.71. The van der Waals surface area contributed by atoms with Gasteiger partial charge in [-0.1, -0.05) is 0 Å². The molecule has 0 unspecified atom stereocenters. The summed E-state index contributed by atoms with van der Waals surface area (Å²) < 4.78 is 17.4. The van der Waals surface area contributed by atoms with Crippen molar-refractivity contribution in [3.05, 3.63) is 48.5 Å². The van der Waals surface area contributed by atoms with Crippen LogP contribution in [-0.4, -0.2) is 25.1 Å². The van der Waals surface area contributed by atoms with Crippen molar-refractivity contribution in [2.45, 2.75) is 13.8 Å². The fourth-order valence-corrected chi connectivity index (χ4v) is 3.05. The number of halogens is 2. The lowest BCUT2D eigenvalue weighted by molar-refractivity contribution is 0.342. The van der Waals surface area contributed by atoms with E-state index in [1.807, 2.05) is 50.2 Å². The summed E-state index contributed by atoms with van der Waals surface area (Å²) in [6.07, 6.45) is 0. The number of ether oxygens (including phenoxy) is 2. The lowest BCUT2D eigenvalue weighted by atomic mass is 10.1. The van der Waals surface area contributed by atoms with Crippen molar-refractivity contribution in [1.82, 2.24) is 0 Å². The van der Waals surface area contributed by atoms with Gasteiger partial charge in [-0.25, -0.2) is 0 Å². The average Bonchev–Trinajstić information content (AvgIpc) is 3.20. The number of hydrogen-bond donors (Lipinski definition) is 6. The van der Waals surface area contributed by atoms with Crippen LogP contribution < -0.4 is 31.6 Å². The first-order chi connectivity index (χ1) is 14.9. The molecule has 0 atom stereocenters. The van der Waals surface area contributed by atoms with Gasteiger partial charge < -0.3 is 36.0 Å². The predicted octanol–water partition coefficient (Wildman–Crippen LogP) is 4.87. The predicted molar refractivity (Wildman–Crippen MR) is 137 cm³/mol. The molecule has 0 aliphatic carbocycles. The number of guanidine groups is 2. The van der Waals surface area contributed by atoms with E-state index < -0.39 is 0 Å². The lowest BCUT2D eigenvalue weighted by Crippen LogP contribution is -2.20. The Labute approximate surface area is 204 Å². The molecule has 0 saturated carbocycles. The van der Waals surface area contributed by atoms with Crippen molar-refractivity contribution >= 4 is 48.1 Å². The van der Waals surface area contributed by atoms with Crippen LogP contribution in [0.15, 0.2) is 52.9 Å². The van der Waals surface area contributed by atoms with Gasteiger partial charge in [-0.3, -0.25) is 10.8 Å². The Kier molecular flexibility index (Phi) is 10.4. The summed E-state index contributed by atoms with van der Waals surface area (Å²) in [5, 5.41) is 20.4. The molecular formula is C22H28Cl2N6O3. The van der Waals surface area contributed by atoms with E-state index in [1.54, 1.807) is 12.1 Å². The third-order valence-corrected chi connectivity index (χ3v) is 4.28. The molecule has 0 aliphatic heterocycles. The first-order valence-corrected chi connectivity index (χ1v) is 9.77. The molecule has 0 radical (unpaired) electrons. The number of nitrogens with two attached hydrogens (primary N) is 2. The van der Waals surface area contributed by atoms with Crippen molar-refractivity contribution in [1.29, 1.82) is 10.8 Å². The molecule has 0 amide bonds. The van der Waals surface area contributed by atoms with Gasteiger partial charge in [0.2, 0.25) is 0 Å². The molecule has 9 nitrogen and oxygen atoms in total. The number of benzene rings is 2. The van der Waals surface area contributed by atoms with Crippen LogP contribution in [0.1, 0.15) is 13.8 Å². The van der Waals surface area contributed by atoms with Crippen LogP contribution in [0.3, 0.4) is 0 Å². The van der Waals surface area contributed by atoms with Crippen LogP contribution >= 0.6 is 24.8 Å². The normalized spacial score (nSPS) is 9.76. The molecule has 178 valence electrons. The Morgan fingerprint density at radius 1 is 0.758 bits per heavy atom. The standard InChI is InChI=1S/C22H26N6O3.2ClH/c1-3-29-19-11-13(5-7-15(19)27-21(23)24)17-9-10-18(31-17)14-6-8-16(28-22(25)26)20(12-14)30-4-2;;/h5-12H,3-4H2,1-2H3,(H4,23,24,27)(H4,25,26,28);2*1H. The summed E-state index contributed by atoms with van der Waals surface area (Å²) in [6, 6.07) is 14.7. The van der Waals surface area contributed by atoms with Gasteiger partial charge in [0.05, 0.1) is 24.6 Å². The zero-order valence-corrected chi connectivity index (χ0v) is 19.9. The SMILES string of the molecule is CCOc1cc(-c2ccc(-c3ccc(NC(=N)N)c(OCC)c3)o2)ccc1NC(=N)N.Cl.Cl. The molecule has 3 rings (SSSR count). The average molecular weight is 495 g/mol. The molecule has 2 aromatic carbocycles. The third-order valence-electron chi connectivity index (χ3n) is 4.28.